The van der Waals surface area contributed by atoms with Crippen LogP contribution in [0.5, 0.6) is 5.75 Å². The summed E-state index contributed by atoms with van der Waals surface area (Å²) in [5.41, 5.74) is 1.88. The van der Waals surface area contributed by atoms with Crippen molar-refractivity contribution in [2.45, 2.75) is 64.4 Å². The highest BCUT2D eigenvalue weighted by Gasteiger charge is 2.21. The summed E-state index contributed by atoms with van der Waals surface area (Å²) in [5, 5.41) is 0. The summed E-state index contributed by atoms with van der Waals surface area (Å²) in [6.45, 7) is 2.43. The van der Waals surface area contributed by atoms with Crippen LogP contribution in [0.2, 0.25) is 0 Å². The van der Waals surface area contributed by atoms with Crippen molar-refractivity contribution in [1.29, 1.82) is 0 Å². The van der Waals surface area contributed by atoms with Crippen molar-refractivity contribution in [2.75, 3.05) is 0 Å². The Morgan fingerprint density at radius 1 is 0.923 bits per heavy atom. The van der Waals surface area contributed by atoms with E-state index in [0.29, 0.717) is 11.5 Å². The number of hydrogen-bond donors (Lipinski definition) is 0. The van der Waals surface area contributed by atoms with Gasteiger partial charge in [0.05, 0.1) is 0 Å². The first-order valence-electron chi connectivity index (χ1n) is 9.81. The number of halogens is 2. The summed E-state index contributed by atoms with van der Waals surface area (Å²) in [5.74, 6) is 1.15. The molecule has 0 spiro atoms. The molecule has 0 bridgehead atoms. The number of ether oxygens (including phenoxy) is 1. The molecular weight excluding hydrogens is 330 g/mol. The highest BCUT2D eigenvalue weighted by atomic mass is 19.1. The lowest BCUT2D eigenvalue weighted by atomic mass is 9.77. The SMILES string of the molecule is CCCCC1CCC(c2ccc(OCc3cc(F)cc(F)c3)cc2)CC1. The van der Waals surface area contributed by atoms with E-state index in [1.165, 1.54) is 62.6 Å². The molecule has 2 aromatic rings. The van der Waals surface area contributed by atoms with E-state index in [4.69, 9.17) is 4.74 Å². The van der Waals surface area contributed by atoms with E-state index in [0.717, 1.165) is 17.7 Å². The number of hydrogen-bond acceptors (Lipinski definition) is 1. The Hall–Kier alpha value is -1.90. The summed E-state index contributed by atoms with van der Waals surface area (Å²) in [6.07, 6.45) is 9.27. The molecule has 140 valence electrons. The second-order valence-corrected chi connectivity index (χ2v) is 7.50. The molecule has 0 atom stereocenters. The van der Waals surface area contributed by atoms with Crippen molar-refractivity contribution >= 4 is 0 Å². The minimum Gasteiger partial charge on any atom is -0.489 e. The van der Waals surface area contributed by atoms with Crippen molar-refractivity contribution in [3.05, 3.63) is 65.2 Å². The van der Waals surface area contributed by atoms with Gasteiger partial charge in [0, 0.05) is 6.07 Å². The first-order chi connectivity index (χ1) is 12.6. The molecule has 1 aliphatic rings. The average Bonchev–Trinajstić information content (AvgIpc) is 2.65. The standard InChI is InChI=1S/C23H28F2O/c1-2-3-4-17-5-7-19(8-6-17)20-9-11-23(12-10-20)26-16-18-13-21(24)15-22(25)14-18/h9-15,17,19H,2-8,16H2,1H3. The highest BCUT2D eigenvalue weighted by molar-refractivity contribution is 5.30. The molecule has 1 aliphatic carbocycles. The Morgan fingerprint density at radius 3 is 2.19 bits per heavy atom. The van der Waals surface area contributed by atoms with Gasteiger partial charge in [-0.3, -0.25) is 0 Å². The number of benzene rings is 2. The predicted octanol–water partition coefficient (Wildman–Crippen LogP) is 7.01. The molecule has 0 aliphatic heterocycles. The number of unbranched alkanes of at least 4 members (excludes halogenated alkanes) is 1. The van der Waals surface area contributed by atoms with Gasteiger partial charge in [0.1, 0.15) is 24.0 Å². The number of rotatable bonds is 7. The monoisotopic (exact) mass is 358 g/mol. The zero-order valence-corrected chi connectivity index (χ0v) is 15.5. The Morgan fingerprint density at radius 2 is 1.58 bits per heavy atom. The van der Waals surface area contributed by atoms with Crippen LogP contribution in [-0.4, -0.2) is 0 Å². The van der Waals surface area contributed by atoms with Crippen LogP contribution in [0.1, 0.15) is 68.9 Å². The maximum absolute atomic E-state index is 13.2. The molecule has 0 saturated heterocycles. The minimum atomic E-state index is -0.575. The zero-order chi connectivity index (χ0) is 18.4. The van der Waals surface area contributed by atoms with Gasteiger partial charge in [-0.05, 0) is 72.9 Å². The first-order valence-corrected chi connectivity index (χ1v) is 9.81. The highest BCUT2D eigenvalue weighted by Crippen LogP contribution is 2.38. The van der Waals surface area contributed by atoms with Gasteiger partial charge in [0.2, 0.25) is 0 Å². The summed E-state index contributed by atoms with van der Waals surface area (Å²) in [4.78, 5) is 0. The predicted molar refractivity (Wildman–Crippen MR) is 101 cm³/mol. The van der Waals surface area contributed by atoms with Gasteiger partial charge < -0.3 is 4.74 Å². The van der Waals surface area contributed by atoms with Crippen LogP contribution in [0.15, 0.2) is 42.5 Å². The Kier molecular flexibility index (Phi) is 6.65. The largest absolute Gasteiger partial charge is 0.489 e. The third-order valence-corrected chi connectivity index (χ3v) is 5.49. The second kappa shape index (κ2) is 9.16. The average molecular weight is 358 g/mol. The van der Waals surface area contributed by atoms with Crippen molar-refractivity contribution in [3.8, 4) is 5.75 Å². The van der Waals surface area contributed by atoms with Gasteiger partial charge in [-0.15, -0.1) is 0 Å². The van der Waals surface area contributed by atoms with Gasteiger partial charge in [0.15, 0.2) is 0 Å². The van der Waals surface area contributed by atoms with E-state index < -0.39 is 11.6 Å². The molecule has 3 heteroatoms. The Bertz CT molecular complexity index is 668. The van der Waals surface area contributed by atoms with Crippen molar-refractivity contribution in [1.82, 2.24) is 0 Å². The zero-order valence-electron chi connectivity index (χ0n) is 15.5. The van der Waals surface area contributed by atoms with Crippen LogP contribution in [0.4, 0.5) is 8.78 Å². The molecule has 3 rings (SSSR count). The molecule has 0 unspecified atom stereocenters. The van der Waals surface area contributed by atoms with E-state index in [2.05, 4.69) is 19.1 Å². The maximum atomic E-state index is 13.2. The fourth-order valence-corrected chi connectivity index (χ4v) is 3.97. The first kappa shape index (κ1) is 18.9. The van der Waals surface area contributed by atoms with Crippen LogP contribution in [-0.2, 0) is 6.61 Å². The topological polar surface area (TPSA) is 9.23 Å². The minimum absolute atomic E-state index is 0.163. The van der Waals surface area contributed by atoms with Crippen molar-refractivity contribution in [3.63, 3.8) is 0 Å². The molecule has 1 fully saturated rings. The third-order valence-electron chi connectivity index (χ3n) is 5.49. The smallest absolute Gasteiger partial charge is 0.126 e. The lowest BCUT2D eigenvalue weighted by molar-refractivity contribution is 0.300. The normalized spacial score (nSPS) is 20.1. The molecule has 0 radical (unpaired) electrons. The fraction of sp³-hybridized carbons (Fsp3) is 0.478. The van der Waals surface area contributed by atoms with Gasteiger partial charge in [-0.25, -0.2) is 8.78 Å². The Balaban J connectivity index is 1.51. The van der Waals surface area contributed by atoms with Crippen LogP contribution in [0, 0.1) is 17.6 Å². The molecular formula is C23H28F2O. The lowest BCUT2D eigenvalue weighted by Gasteiger charge is -2.28. The van der Waals surface area contributed by atoms with Crippen LogP contribution < -0.4 is 4.74 Å². The van der Waals surface area contributed by atoms with Crippen molar-refractivity contribution in [2.24, 2.45) is 5.92 Å². The third kappa shape index (κ3) is 5.30. The van der Waals surface area contributed by atoms with Gasteiger partial charge in [-0.2, -0.15) is 0 Å². The molecule has 1 nitrogen and oxygen atoms in total. The van der Waals surface area contributed by atoms with E-state index in [-0.39, 0.29) is 6.61 Å². The van der Waals surface area contributed by atoms with E-state index in [1.807, 2.05) is 12.1 Å². The van der Waals surface area contributed by atoms with Gasteiger partial charge >= 0.3 is 0 Å². The molecule has 1 saturated carbocycles. The van der Waals surface area contributed by atoms with E-state index in [9.17, 15) is 8.78 Å². The Labute approximate surface area is 155 Å². The van der Waals surface area contributed by atoms with Crippen LogP contribution in [0.3, 0.4) is 0 Å². The second-order valence-electron chi connectivity index (χ2n) is 7.50. The van der Waals surface area contributed by atoms with Gasteiger partial charge in [0.25, 0.3) is 0 Å². The van der Waals surface area contributed by atoms with E-state index in [1.54, 1.807) is 0 Å². The molecule has 0 aromatic heterocycles. The quantitative estimate of drug-likeness (QED) is 0.517. The summed E-state index contributed by atoms with van der Waals surface area (Å²) >= 11 is 0. The molecule has 26 heavy (non-hydrogen) atoms. The lowest BCUT2D eigenvalue weighted by Crippen LogP contribution is -2.13. The molecule has 0 amide bonds. The van der Waals surface area contributed by atoms with Crippen LogP contribution in [0.25, 0.3) is 0 Å². The fourth-order valence-electron chi connectivity index (χ4n) is 3.97. The summed E-state index contributed by atoms with van der Waals surface area (Å²) in [7, 11) is 0. The van der Waals surface area contributed by atoms with Crippen LogP contribution >= 0.6 is 0 Å². The van der Waals surface area contributed by atoms with Gasteiger partial charge in [-0.1, -0.05) is 38.3 Å². The summed E-state index contributed by atoms with van der Waals surface area (Å²) in [6, 6.07) is 11.7. The summed E-state index contributed by atoms with van der Waals surface area (Å²) < 4.78 is 32.1. The molecule has 2 aromatic carbocycles. The van der Waals surface area contributed by atoms with Crippen molar-refractivity contribution < 1.29 is 13.5 Å². The maximum Gasteiger partial charge on any atom is 0.126 e. The molecule has 0 N–H and O–H groups in total. The van der Waals surface area contributed by atoms with E-state index >= 15 is 0 Å². The molecule has 0 heterocycles.